The van der Waals surface area contributed by atoms with Crippen LogP contribution >= 0.6 is 0 Å². The van der Waals surface area contributed by atoms with Crippen LogP contribution in [0.25, 0.3) is 27.8 Å². The lowest BCUT2D eigenvalue weighted by atomic mass is 9.88. The van der Waals surface area contributed by atoms with Gasteiger partial charge in [0.25, 0.3) is 0 Å². The number of rotatable bonds is 3. The van der Waals surface area contributed by atoms with E-state index in [0.717, 1.165) is 22.6 Å². The van der Waals surface area contributed by atoms with Crippen molar-refractivity contribution in [1.29, 1.82) is 0 Å². The van der Waals surface area contributed by atoms with Crippen LogP contribution in [-0.2, 0) is 0 Å². The molecule has 1 aliphatic heterocycles. The van der Waals surface area contributed by atoms with E-state index in [0.29, 0.717) is 0 Å². The van der Waals surface area contributed by atoms with Crippen LogP contribution in [0, 0.1) is 0 Å². The van der Waals surface area contributed by atoms with Crippen molar-refractivity contribution in [2.45, 2.75) is 0 Å². The summed E-state index contributed by atoms with van der Waals surface area (Å²) >= 11 is 0. The first-order chi connectivity index (χ1) is 16.3. The van der Waals surface area contributed by atoms with Crippen molar-refractivity contribution < 1.29 is 0 Å². The molecule has 0 saturated heterocycles. The molecule has 1 heterocycles. The molecule has 0 saturated carbocycles. The summed E-state index contributed by atoms with van der Waals surface area (Å²) in [6, 6.07) is 45.1. The summed E-state index contributed by atoms with van der Waals surface area (Å²) in [5.74, 6) is 0. The van der Waals surface area contributed by atoms with Crippen LogP contribution in [0.15, 0.2) is 134 Å². The summed E-state index contributed by atoms with van der Waals surface area (Å²) in [6.07, 6.45) is 0. The molecule has 5 aromatic carbocycles. The van der Waals surface area contributed by atoms with Gasteiger partial charge in [-0.05, 0) is 58.2 Å². The van der Waals surface area contributed by atoms with Crippen molar-refractivity contribution in [3.63, 3.8) is 0 Å². The maximum absolute atomic E-state index is 4.49. The molecule has 0 aliphatic carbocycles. The van der Waals surface area contributed by atoms with Gasteiger partial charge in [0.15, 0.2) is 0 Å². The van der Waals surface area contributed by atoms with Crippen LogP contribution in [0.1, 0.15) is 11.1 Å². The number of fused-ring (bicyclic) bond motifs is 2. The van der Waals surface area contributed by atoms with Crippen molar-refractivity contribution in [2.24, 2.45) is 0 Å². The first kappa shape index (κ1) is 19.3. The molecule has 0 unspecified atom stereocenters. The summed E-state index contributed by atoms with van der Waals surface area (Å²) in [7, 11) is 0. The van der Waals surface area contributed by atoms with Crippen molar-refractivity contribution in [1.82, 2.24) is 0 Å². The maximum Gasteiger partial charge on any atom is 0.0540 e. The molecule has 1 nitrogen and oxygen atoms in total. The Morgan fingerprint density at radius 1 is 0.424 bits per heavy atom. The van der Waals surface area contributed by atoms with Crippen LogP contribution in [-0.4, -0.2) is 0 Å². The van der Waals surface area contributed by atoms with Gasteiger partial charge in [0.1, 0.15) is 0 Å². The topological polar surface area (TPSA) is 3.24 Å². The molecule has 0 atom stereocenters. The van der Waals surface area contributed by atoms with Crippen LogP contribution in [0.5, 0.6) is 0 Å². The number of para-hydroxylation sites is 1. The second kappa shape index (κ2) is 7.96. The number of benzene rings is 5. The van der Waals surface area contributed by atoms with E-state index in [9.17, 15) is 0 Å². The van der Waals surface area contributed by atoms with E-state index in [-0.39, 0.29) is 0 Å². The molecule has 33 heavy (non-hydrogen) atoms. The summed E-state index contributed by atoms with van der Waals surface area (Å²) in [4.78, 5) is 2.35. The molecule has 0 N–H and O–H groups in total. The fraction of sp³-hybridized carbons (Fsp3) is 0. The Kier molecular flexibility index (Phi) is 4.66. The molecule has 6 rings (SSSR count). The molecule has 0 radical (unpaired) electrons. The van der Waals surface area contributed by atoms with E-state index in [1.165, 1.54) is 33.4 Å². The van der Waals surface area contributed by atoms with Crippen LogP contribution < -0.4 is 4.90 Å². The molecule has 1 heteroatoms. The number of nitrogens with zero attached hydrogens (tertiary/aromatic N) is 1. The highest BCUT2D eigenvalue weighted by atomic mass is 15.2. The molecular weight excluding hydrogens is 398 g/mol. The maximum atomic E-state index is 4.49. The molecule has 0 spiro atoms. The first-order valence-corrected chi connectivity index (χ1v) is 11.2. The highest BCUT2D eigenvalue weighted by molar-refractivity contribution is 6.01. The molecular formula is C32H23N. The van der Waals surface area contributed by atoms with Gasteiger partial charge in [-0.2, -0.15) is 0 Å². The van der Waals surface area contributed by atoms with Gasteiger partial charge in [0, 0.05) is 16.8 Å². The lowest BCUT2D eigenvalue weighted by Gasteiger charge is -2.35. The van der Waals surface area contributed by atoms with Crippen LogP contribution in [0.3, 0.4) is 0 Å². The Labute approximate surface area is 194 Å². The van der Waals surface area contributed by atoms with Gasteiger partial charge in [-0.3, -0.25) is 0 Å². The van der Waals surface area contributed by atoms with Gasteiger partial charge >= 0.3 is 0 Å². The molecule has 5 aromatic rings. The molecule has 1 aliphatic rings. The standard InChI is InChI=1S/C32H23N/c1-23-29-14-8-9-15-31(29)33(28-19-16-26(17-20-28)24-10-4-2-5-11-24)32-21-18-27(22-30(23)32)25-12-6-3-7-13-25/h2-22H,1H2. The fourth-order valence-corrected chi connectivity index (χ4v) is 4.69. The highest BCUT2D eigenvalue weighted by Gasteiger charge is 2.26. The highest BCUT2D eigenvalue weighted by Crippen LogP contribution is 2.49. The van der Waals surface area contributed by atoms with E-state index < -0.39 is 0 Å². The minimum Gasteiger partial charge on any atom is -0.309 e. The van der Waals surface area contributed by atoms with Gasteiger partial charge in [-0.15, -0.1) is 0 Å². The third-order valence-corrected chi connectivity index (χ3v) is 6.37. The molecule has 0 bridgehead atoms. The third kappa shape index (κ3) is 3.35. The van der Waals surface area contributed by atoms with Gasteiger partial charge in [0.2, 0.25) is 0 Å². The van der Waals surface area contributed by atoms with E-state index in [4.69, 9.17) is 0 Å². The summed E-state index contributed by atoms with van der Waals surface area (Å²) in [5, 5.41) is 0. The summed E-state index contributed by atoms with van der Waals surface area (Å²) in [6.45, 7) is 4.49. The van der Waals surface area contributed by atoms with Gasteiger partial charge < -0.3 is 4.90 Å². The second-order valence-electron chi connectivity index (χ2n) is 8.34. The predicted molar refractivity (Wildman–Crippen MR) is 140 cm³/mol. The third-order valence-electron chi connectivity index (χ3n) is 6.37. The van der Waals surface area contributed by atoms with Gasteiger partial charge in [0.05, 0.1) is 11.4 Å². The number of anilines is 3. The lowest BCUT2D eigenvalue weighted by Crippen LogP contribution is -2.17. The Hall–Kier alpha value is -4.36. The summed E-state index contributed by atoms with van der Waals surface area (Å²) in [5.41, 5.74) is 11.7. The summed E-state index contributed by atoms with van der Waals surface area (Å²) < 4.78 is 0. The Morgan fingerprint density at radius 3 is 1.64 bits per heavy atom. The Morgan fingerprint density at radius 2 is 0.939 bits per heavy atom. The van der Waals surface area contributed by atoms with E-state index in [1.54, 1.807) is 0 Å². The number of hydrogen-bond acceptors (Lipinski definition) is 1. The average molecular weight is 422 g/mol. The second-order valence-corrected chi connectivity index (χ2v) is 8.34. The van der Waals surface area contributed by atoms with Crippen molar-refractivity contribution in [3.05, 3.63) is 145 Å². The monoisotopic (exact) mass is 421 g/mol. The van der Waals surface area contributed by atoms with Crippen LogP contribution in [0.2, 0.25) is 0 Å². The fourth-order valence-electron chi connectivity index (χ4n) is 4.69. The minimum atomic E-state index is 1.07. The van der Waals surface area contributed by atoms with Crippen molar-refractivity contribution in [3.8, 4) is 22.3 Å². The zero-order valence-corrected chi connectivity index (χ0v) is 18.3. The molecule has 0 aromatic heterocycles. The van der Waals surface area contributed by atoms with Crippen LogP contribution in [0.4, 0.5) is 17.1 Å². The SMILES string of the molecule is C=C1c2ccccc2N(c2ccc(-c3ccccc3)cc2)c2ccc(-c3ccccc3)cc21. The smallest absolute Gasteiger partial charge is 0.0540 e. The Balaban J connectivity index is 1.49. The molecule has 156 valence electrons. The lowest BCUT2D eigenvalue weighted by molar-refractivity contribution is 1.24. The van der Waals surface area contributed by atoms with E-state index >= 15 is 0 Å². The predicted octanol–water partition coefficient (Wildman–Crippen LogP) is 8.87. The Bertz CT molecular complexity index is 1450. The molecule has 0 amide bonds. The van der Waals surface area contributed by atoms with E-state index in [2.05, 4.69) is 139 Å². The quantitative estimate of drug-likeness (QED) is 0.276. The largest absolute Gasteiger partial charge is 0.309 e. The average Bonchev–Trinajstić information content (AvgIpc) is 2.90. The van der Waals surface area contributed by atoms with Crippen molar-refractivity contribution in [2.75, 3.05) is 4.90 Å². The molecule has 0 fully saturated rings. The number of hydrogen-bond donors (Lipinski definition) is 0. The van der Waals surface area contributed by atoms with Crippen molar-refractivity contribution >= 4 is 22.6 Å². The minimum absolute atomic E-state index is 1.07. The van der Waals surface area contributed by atoms with Gasteiger partial charge in [-0.1, -0.05) is 104 Å². The zero-order valence-electron chi connectivity index (χ0n) is 18.3. The first-order valence-electron chi connectivity index (χ1n) is 11.2. The normalized spacial score (nSPS) is 12.2. The zero-order chi connectivity index (χ0) is 22.2. The van der Waals surface area contributed by atoms with E-state index in [1.807, 2.05) is 0 Å². The van der Waals surface area contributed by atoms with Gasteiger partial charge in [-0.25, -0.2) is 0 Å².